The fourth-order valence-electron chi connectivity index (χ4n) is 4.88. The molecule has 0 fully saturated rings. The number of aryl methyl sites for hydroxylation is 3. The molecule has 0 spiro atoms. The number of halogens is 1. The van der Waals surface area contributed by atoms with Crippen molar-refractivity contribution in [1.29, 1.82) is 0 Å². The minimum absolute atomic E-state index is 0. The predicted octanol–water partition coefficient (Wildman–Crippen LogP) is 6.79. The lowest BCUT2D eigenvalue weighted by Gasteiger charge is -2.15. The highest BCUT2D eigenvalue weighted by Crippen LogP contribution is 2.28. The molecule has 0 saturated carbocycles. The maximum Gasteiger partial charge on any atom is 0.200 e. The highest BCUT2D eigenvalue weighted by molar-refractivity contribution is 9.10. The Hall–Kier alpha value is -3.65. The monoisotopic (exact) mass is 768 g/mol. The zero-order valence-electron chi connectivity index (χ0n) is 29.3. The highest BCUT2D eigenvalue weighted by Gasteiger charge is 2.16. The molecular weight excluding hydrogens is 721 g/mol. The standard InChI is InChI=1S/C16H24N6OSi.C15H21BrN6OSi.CH4/c1-12-10-22(11-23-8-9-24(3,4)5)15-13(12)6-7-14(17-15)16-18-19-20-21(16)2;1-21-15(18-19-20-21)13-6-5-11-12(16)9-22(14(11)17-13)10-23-7-8-24(2,3)4;/h6-7,10H,8-9,11H2,1-5H3;5-6,9H,7-8,10H2,1-4H3;1H4. The van der Waals surface area contributed by atoms with Gasteiger partial charge in [0, 0.05) is 71.1 Å². The van der Waals surface area contributed by atoms with E-state index in [-0.39, 0.29) is 7.43 Å². The molecule has 6 aromatic heterocycles. The van der Waals surface area contributed by atoms with Crippen LogP contribution in [-0.2, 0) is 37.0 Å². The lowest BCUT2D eigenvalue weighted by molar-refractivity contribution is 0.0897. The van der Waals surface area contributed by atoms with Crippen LogP contribution in [-0.4, -0.2) is 88.9 Å². The van der Waals surface area contributed by atoms with Crippen LogP contribution in [0.3, 0.4) is 0 Å². The van der Waals surface area contributed by atoms with E-state index in [0.717, 1.165) is 63.2 Å². The Labute approximate surface area is 298 Å². The summed E-state index contributed by atoms with van der Waals surface area (Å²) < 4.78 is 20.1. The van der Waals surface area contributed by atoms with Crippen LogP contribution in [0.5, 0.6) is 0 Å². The van der Waals surface area contributed by atoms with Crippen molar-refractivity contribution < 1.29 is 9.47 Å². The molecule has 6 heterocycles. The minimum Gasteiger partial charge on any atom is -0.361 e. The van der Waals surface area contributed by atoms with Gasteiger partial charge in [0.1, 0.15) is 36.1 Å². The molecule has 14 nitrogen and oxygen atoms in total. The molecule has 49 heavy (non-hydrogen) atoms. The van der Waals surface area contributed by atoms with E-state index in [2.05, 4.69) is 110 Å². The van der Waals surface area contributed by atoms with Crippen LogP contribution in [0.25, 0.3) is 45.1 Å². The van der Waals surface area contributed by atoms with E-state index in [9.17, 15) is 0 Å². The summed E-state index contributed by atoms with van der Waals surface area (Å²) in [5.41, 5.74) is 4.45. The molecule has 0 aliphatic heterocycles. The summed E-state index contributed by atoms with van der Waals surface area (Å²) in [6.07, 6.45) is 4.09. The first-order valence-corrected chi connectivity index (χ1v) is 24.1. The number of ether oxygens (including phenoxy) is 2. The van der Waals surface area contributed by atoms with Gasteiger partial charge < -0.3 is 18.6 Å². The van der Waals surface area contributed by atoms with E-state index in [0.29, 0.717) is 25.1 Å². The SMILES string of the molecule is C.Cc1cn(COCC[Si](C)(C)C)c2nc(-c3nnnn3C)ccc12.Cn1nnnc1-c1ccc2c(Br)cn(COCC[Si](C)(C)C)c2n1. The van der Waals surface area contributed by atoms with Crippen LogP contribution in [0.1, 0.15) is 13.0 Å². The van der Waals surface area contributed by atoms with Crippen LogP contribution < -0.4 is 0 Å². The highest BCUT2D eigenvalue weighted by atomic mass is 79.9. The number of hydrogen-bond donors (Lipinski definition) is 0. The van der Waals surface area contributed by atoms with Crippen LogP contribution in [0.2, 0.25) is 51.4 Å². The van der Waals surface area contributed by atoms with Crippen molar-refractivity contribution in [3.63, 3.8) is 0 Å². The number of pyridine rings is 2. The Bertz CT molecular complexity index is 1850. The number of tetrazole rings is 2. The largest absolute Gasteiger partial charge is 0.361 e. The third kappa shape index (κ3) is 9.75. The van der Waals surface area contributed by atoms with Gasteiger partial charge in [-0.15, -0.1) is 10.2 Å². The van der Waals surface area contributed by atoms with Crippen molar-refractivity contribution in [3.05, 3.63) is 46.7 Å². The third-order valence-corrected chi connectivity index (χ3v) is 11.8. The van der Waals surface area contributed by atoms with Crippen molar-refractivity contribution >= 4 is 54.1 Å². The molecule has 0 aromatic carbocycles. The van der Waals surface area contributed by atoms with Gasteiger partial charge in [0.15, 0.2) is 11.6 Å². The summed E-state index contributed by atoms with van der Waals surface area (Å²) in [6.45, 7) is 18.8. The Kier molecular flexibility index (Phi) is 12.4. The first-order chi connectivity index (χ1) is 22.7. The van der Waals surface area contributed by atoms with Gasteiger partial charge in [-0.25, -0.2) is 19.3 Å². The normalized spacial score (nSPS) is 12.0. The zero-order chi connectivity index (χ0) is 34.6. The van der Waals surface area contributed by atoms with Gasteiger partial charge in [0.2, 0.25) is 0 Å². The molecule has 6 aromatic rings. The summed E-state index contributed by atoms with van der Waals surface area (Å²) >= 11 is 3.59. The minimum atomic E-state index is -1.08. The number of nitrogens with zero attached hydrogens (tertiary/aromatic N) is 12. The molecule has 0 aliphatic carbocycles. The van der Waals surface area contributed by atoms with Gasteiger partial charge >= 0.3 is 0 Å². The average molecular weight is 770 g/mol. The van der Waals surface area contributed by atoms with E-state index in [1.807, 2.05) is 36.0 Å². The third-order valence-electron chi connectivity index (χ3n) is 7.75. The quantitative estimate of drug-likeness (QED) is 0.0966. The Morgan fingerprint density at radius 1 is 0.673 bits per heavy atom. The molecule has 0 unspecified atom stereocenters. The topological polar surface area (TPSA) is 141 Å². The zero-order valence-corrected chi connectivity index (χ0v) is 32.9. The molecule has 0 saturated heterocycles. The first kappa shape index (κ1) is 38.2. The molecule has 0 aliphatic rings. The molecule has 0 amide bonds. The molecule has 0 atom stereocenters. The molecular formula is C32H49BrN12O2Si2. The fraction of sp³-hybridized carbons (Fsp3) is 0.500. The van der Waals surface area contributed by atoms with E-state index < -0.39 is 16.1 Å². The van der Waals surface area contributed by atoms with Crippen LogP contribution in [0, 0.1) is 6.92 Å². The van der Waals surface area contributed by atoms with Crippen molar-refractivity contribution in [1.82, 2.24) is 59.5 Å². The number of hydrogen-bond acceptors (Lipinski definition) is 10. The lowest BCUT2D eigenvalue weighted by atomic mass is 10.2. The molecule has 0 N–H and O–H groups in total. The second-order valence-electron chi connectivity index (χ2n) is 14.3. The predicted molar refractivity (Wildman–Crippen MR) is 202 cm³/mol. The van der Waals surface area contributed by atoms with Crippen LogP contribution in [0.4, 0.5) is 0 Å². The first-order valence-electron chi connectivity index (χ1n) is 15.9. The van der Waals surface area contributed by atoms with E-state index >= 15 is 0 Å². The molecule has 6 rings (SSSR count). The van der Waals surface area contributed by atoms with Gasteiger partial charge in [-0.2, -0.15) is 0 Å². The molecule has 17 heteroatoms. The molecule has 0 bridgehead atoms. The van der Waals surface area contributed by atoms with E-state index in [1.54, 1.807) is 16.4 Å². The Morgan fingerprint density at radius 2 is 1.12 bits per heavy atom. The summed E-state index contributed by atoms with van der Waals surface area (Å²) in [7, 11) is 1.46. The average Bonchev–Trinajstić information content (AvgIpc) is 3.79. The number of fused-ring (bicyclic) bond motifs is 2. The van der Waals surface area contributed by atoms with Crippen molar-refractivity contribution in [2.75, 3.05) is 13.2 Å². The van der Waals surface area contributed by atoms with Crippen molar-refractivity contribution in [2.24, 2.45) is 14.1 Å². The number of aromatic nitrogens is 12. The summed E-state index contributed by atoms with van der Waals surface area (Å²) in [5.74, 6) is 1.29. The fourth-order valence-corrected chi connectivity index (χ4v) is 6.95. The van der Waals surface area contributed by atoms with Gasteiger partial charge in [0.25, 0.3) is 0 Å². The molecule has 264 valence electrons. The second-order valence-corrected chi connectivity index (χ2v) is 26.4. The maximum absolute atomic E-state index is 5.88. The van der Waals surface area contributed by atoms with Gasteiger partial charge in [-0.1, -0.05) is 46.7 Å². The van der Waals surface area contributed by atoms with Crippen molar-refractivity contribution in [2.45, 2.75) is 79.2 Å². The van der Waals surface area contributed by atoms with Gasteiger partial charge in [-0.3, -0.25) is 0 Å². The Morgan fingerprint density at radius 3 is 1.57 bits per heavy atom. The second kappa shape index (κ2) is 15.9. The van der Waals surface area contributed by atoms with E-state index in [1.165, 1.54) is 5.56 Å². The summed E-state index contributed by atoms with van der Waals surface area (Å²) in [5, 5.41) is 25.3. The number of rotatable bonds is 12. The summed E-state index contributed by atoms with van der Waals surface area (Å²) in [6, 6.07) is 10.3. The van der Waals surface area contributed by atoms with Gasteiger partial charge in [-0.05, 0) is 85.6 Å². The maximum atomic E-state index is 5.88. The van der Waals surface area contributed by atoms with Crippen LogP contribution >= 0.6 is 15.9 Å². The summed E-state index contributed by atoms with van der Waals surface area (Å²) in [4.78, 5) is 9.48. The Balaban J connectivity index is 0.000000216. The van der Waals surface area contributed by atoms with E-state index in [4.69, 9.17) is 19.4 Å². The van der Waals surface area contributed by atoms with Crippen LogP contribution in [0.15, 0.2) is 41.1 Å². The molecule has 0 radical (unpaired) electrons. The lowest BCUT2D eigenvalue weighted by Crippen LogP contribution is -2.22. The van der Waals surface area contributed by atoms with Gasteiger partial charge in [0.05, 0.1) is 0 Å². The van der Waals surface area contributed by atoms with Crippen molar-refractivity contribution in [3.8, 4) is 23.0 Å². The smallest absolute Gasteiger partial charge is 0.200 e.